The number of aliphatic carboxylic acids is 1. The Balaban J connectivity index is 1.99. The smallest absolute Gasteiger partial charge is 0.334 e. The fourth-order valence-corrected chi connectivity index (χ4v) is 1.88. The van der Waals surface area contributed by atoms with Gasteiger partial charge in [0.1, 0.15) is 5.82 Å². The largest absolute Gasteiger partial charge is 0.479 e. The van der Waals surface area contributed by atoms with E-state index in [9.17, 15) is 14.0 Å². The molecule has 0 saturated carbocycles. The molecule has 1 N–H and O–H groups in total. The SMILES string of the molecule is O=C(O)[C@H]1CN(C(=O)/C=C\c2cccc(F)c2)CCO1. The fraction of sp³-hybridized carbons (Fsp3) is 0.286. The van der Waals surface area contributed by atoms with Crippen molar-refractivity contribution in [2.45, 2.75) is 6.10 Å². The predicted molar refractivity (Wildman–Crippen MR) is 69.4 cm³/mol. The lowest BCUT2D eigenvalue weighted by molar-refractivity contribution is -0.158. The molecule has 0 aliphatic carbocycles. The third-order valence-corrected chi connectivity index (χ3v) is 2.92. The van der Waals surface area contributed by atoms with Crippen molar-refractivity contribution in [3.63, 3.8) is 0 Å². The Bertz CT molecular complexity index is 544. The zero-order valence-corrected chi connectivity index (χ0v) is 10.7. The lowest BCUT2D eigenvalue weighted by Crippen LogP contribution is -2.48. The fourth-order valence-electron chi connectivity index (χ4n) is 1.88. The highest BCUT2D eigenvalue weighted by molar-refractivity contribution is 5.92. The third-order valence-electron chi connectivity index (χ3n) is 2.92. The Morgan fingerprint density at radius 1 is 1.45 bits per heavy atom. The monoisotopic (exact) mass is 279 g/mol. The molecule has 1 saturated heterocycles. The predicted octanol–water partition coefficient (Wildman–Crippen LogP) is 1.15. The molecule has 1 aromatic carbocycles. The van der Waals surface area contributed by atoms with Gasteiger partial charge >= 0.3 is 5.97 Å². The van der Waals surface area contributed by atoms with E-state index in [0.717, 1.165) is 0 Å². The van der Waals surface area contributed by atoms with Gasteiger partial charge in [0, 0.05) is 12.6 Å². The Morgan fingerprint density at radius 3 is 2.95 bits per heavy atom. The van der Waals surface area contributed by atoms with Crippen LogP contribution in [-0.4, -0.2) is 47.7 Å². The molecule has 6 heteroatoms. The first-order valence-corrected chi connectivity index (χ1v) is 6.13. The minimum atomic E-state index is -1.09. The lowest BCUT2D eigenvalue weighted by atomic mass is 10.2. The van der Waals surface area contributed by atoms with Crippen molar-refractivity contribution in [2.24, 2.45) is 0 Å². The molecule has 0 radical (unpaired) electrons. The van der Waals surface area contributed by atoms with E-state index in [1.165, 1.54) is 29.2 Å². The van der Waals surface area contributed by atoms with Crippen molar-refractivity contribution in [1.82, 2.24) is 4.90 Å². The summed E-state index contributed by atoms with van der Waals surface area (Å²) in [5.74, 6) is -1.78. The van der Waals surface area contributed by atoms with E-state index in [2.05, 4.69) is 0 Å². The van der Waals surface area contributed by atoms with Gasteiger partial charge in [-0.2, -0.15) is 0 Å². The second kappa shape index (κ2) is 6.29. The van der Waals surface area contributed by atoms with Crippen LogP contribution >= 0.6 is 0 Å². The zero-order valence-electron chi connectivity index (χ0n) is 10.7. The summed E-state index contributed by atoms with van der Waals surface area (Å²) in [6.07, 6.45) is 1.81. The second-order valence-electron chi connectivity index (χ2n) is 4.37. The molecular weight excluding hydrogens is 265 g/mol. The van der Waals surface area contributed by atoms with Crippen molar-refractivity contribution in [2.75, 3.05) is 19.7 Å². The van der Waals surface area contributed by atoms with E-state index < -0.39 is 12.1 Å². The van der Waals surface area contributed by atoms with Gasteiger partial charge in [-0.3, -0.25) is 4.79 Å². The first-order chi connectivity index (χ1) is 9.56. The number of morpholine rings is 1. The molecule has 2 rings (SSSR count). The molecule has 1 aromatic rings. The quantitative estimate of drug-likeness (QED) is 0.843. The third kappa shape index (κ3) is 3.64. The van der Waals surface area contributed by atoms with Crippen molar-refractivity contribution >= 4 is 18.0 Å². The highest BCUT2D eigenvalue weighted by atomic mass is 19.1. The zero-order chi connectivity index (χ0) is 14.5. The number of hydrogen-bond donors (Lipinski definition) is 1. The minimum Gasteiger partial charge on any atom is -0.479 e. The molecule has 1 aliphatic rings. The Kier molecular flexibility index (Phi) is 4.47. The number of halogens is 1. The summed E-state index contributed by atoms with van der Waals surface area (Å²) < 4.78 is 18.0. The van der Waals surface area contributed by atoms with E-state index in [0.29, 0.717) is 12.1 Å². The average Bonchev–Trinajstić information content (AvgIpc) is 2.45. The first-order valence-electron chi connectivity index (χ1n) is 6.13. The molecule has 1 fully saturated rings. The summed E-state index contributed by atoms with van der Waals surface area (Å²) in [5, 5.41) is 8.85. The number of benzene rings is 1. The van der Waals surface area contributed by atoms with E-state index in [-0.39, 0.29) is 24.9 Å². The number of ether oxygens (including phenoxy) is 1. The molecule has 0 spiro atoms. The number of nitrogens with zero attached hydrogens (tertiary/aromatic N) is 1. The number of carbonyl (C=O) groups excluding carboxylic acids is 1. The highest BCUT2D eigenvalue weighted by Gasteiger charge is 2.27. The van der Waals surface area contributed by atoms with Crippen LogP contribution < -0.4 is 0 Å². The summed E-state index contributed by atoms with van der Waals surface area (Å²) >= 11 is 0. The molecule has 1 aliphatic heterocycles. The van der Waals surface area contributed by atoms with Crippen LogP contribution in [0.1, 0.15) is 5.56 Å². The average molecular weight is 279 g/mol. The van der Waals surface area contributed by atoms with Crippen molar-refractivity contribution in [3.8, 4) is 0 Å². The van der Waals surface area contributed by atoms with Gasteiger partial charge in [-0.15, -0.1) is 0 Å². The standard InChI is InChI=1S/C14H14FNO4/c15-11-3-1-2-10(8-11)4-5-13(17)16-6-7-20-12(9-16)14(18)19/h1-5,8,12H,6-7,9H2,(H,18,19)/b5-4-/t12-/m1/s1. The van der Waals surface area contributed by atoms with Crippen LogP contribution in [0.4, 0.5) is 4.39 Å². The number of rotatable bonds is 3. The Hall–Kier alpha value is -2.21. The number of carbonyl (C=O) groups is 2. The molecular formula is C14H14FNO4. The van der Waals surface area contributed by atoms with Crippen molar-refractivity contribution in [3.05, 3.63) is 41.7 Å². The van der Waals surface area contributed by atoms with Crippen LogP contribution in [0.15, 0.2) is 30.3 Å². The van der Waals surface area contributed by atoms with E-state index in [4.69, 9.17) is 9.84 Å². The topological polar surface area (TPSA) is 66.8 Å². The van der Waals surface area contributed by atoms with Gasteiger partial charge in [-0.1, -0.05) is 12.1 Å². The number of amides is 1. The molecule has 1 heterocycles. The maximum Gasteiger partial charge on any atom is 0.334 e. The summed E-state index contributed by atoms with van der Waals surface area (Å²) in [6.45, 7) is 0.550. The molecule has 0 aromatic heterocycles. The van der Waals surface area contributed by atoms with Gasteiger partial charge in [-0.05, 0) is 23.8 Å². The van der Waals surface area contributed by atoms with E-state index >= 15 is 0 Å². The van der Waals surface area contributed by atoms with Crippen LogP contribution in [0, 0.1) is 5.82 Å². The van der Waals surface area contributed by atoms with Gasteiger partial charge in [-0.25, -0.2) is 9.18 Å². The normalized spacial score (nSPS) is 19.2. The molecule has 0 unspecified atom stereocenters. The maximum absolute atomic E-state index is 13.0. The molecule has 0 bridgehead atoms. The second-order valence-corrected chi connectivity index (χ2v) is 4.37. The molecule has 20 heavy (non-hydrogen) atoms. The van der Waals surface area contributed by atoms with Gasteiger partial charge < -0.3 is 14.7 Å². The van der Waals surface area contributed by atoms with Gasteiger partial charge in [0.05, 0.1) is 13.2 Å². The number of carboxylic acids is 1. The first kappa shape index (κ1) is 14.2. The van der Waals surface area contributed by atoms with Crippen LogP contribution in [0.25, 0.3) is 6.08 Å². The summed E-state index contributed by atoms with van der Waals surface area (Å²) in [6, 6.07) is 5.85. The van der Waals surface area contributed by atoms with E-state index in [1.54, 1.807) is 12.1 Å². The van der Waals surface area contributed by atoms with Gasteiger partial charge in [0.2, 0.25) is 5.91 Å². The number of carboxylic acid groups (broad SMARTS) is 1. The van der Waals surface area contributed by atoms with Crippen molar-refractivity contribution < 1.29 is 23.8 Å². The molecule has 1 amide bonds. The molecule has 5 nitrogen and oxygen atoms in total. The molecule has 1 atom stereocenters. The lowest BCUT2D eigenvalue weighted by Gasteiger charge is -2.30. The van der Waals surface area contributed by atoms with Crippen LogP contribution in [-0.2, 0) is 14.3 Å². The van der Waals surface area contributed by atoms with Crippen molar-refractivity contribution in [1.29, 1.82) is 0 Å². The molecule has 106 valence electrons. The van der Waals surface area contributed by atoms with Crippen LogP contribution in [0.5, 0.6) is 0 Å². The van der Waals surface area contributed by atoms with Gasteiger partial charge in [0.25, 0.3) is 0 Å². The number of hydrogen-bond acceptors (Lipinski definition) is 3. The summed E-state index contributed by atoms with van der Waals surface area (Å²) in [7, 11) is 0. The Labute approximate surface area is 115 Å². The van der Waals surface area contributed by atoms with Gasteiger partial charge in [0.15, 0.2) is 6.10 Å². The van der Waals surface area contributed by atoms with Crippen LogP contribution in [0.2, 0.25) is 0 Å². The highest BCUT2D eigenvalue weighted by Crippen LogP contribution is 2.09. The van der Waals surface area contributed by atoms with E-state index in [1.807, 2.05) is 0 Å². The minimum absolute atomic E-state index is 0.0155. The Morgan fingerprint density at radius 2 is 2.25 bits per heavy atom. The summed E-state index contributed by atoms with van der Waals surface area (Å²) in [5.41, 5.74) is 0.571. The maximum atomic E-state index is 13.0. The van der Waals surface area contributed by atoms with Crippen LogP contribution in [0.3, 0.4) is 0 Å². The summed E-state index contributed by atoms with van der Waals surface area (Å²) in [4.78, 5) is 24.1.